The molecule has 1 aromatic heterocycles. The van der Waals surface area contributed by atoms with Crippen molar-refractivity contribution in [3.8, 4) is 0 Å². The number of fused-ring (bicyclic) bond motifs is 1. The van der Waals surface area contributed by atoms with Gasteiger partial charge >= 0.3 is 6.08 Å². The van der Waals surface area contributed by atoms with Crippen molar-refractivity contribution in [3.63, 3.8) is 0 Å². The summed E-state index contributed by atoms with van der Waals surface area (Å²) < 4.78 is 12.5. The molecule has 0 saturated heterocycles. The minimum absolute atomic E-state index is 0.620. The summed E-state index contributed by atoms with van der Waals surface area (Å²) in [5.41, 5.74) is 1.86. The third-order valence-corrected chi connectivity index (χ3v) is 1.78. The number of nitrogens with one attached hydrogen (secondary N) is 1. The molecule has 3 nitrogen and oxygen atoms in total. The molecular formula is C7H8FN3. The largest absolute Gasteiger partial charge is 0.312 e. The molecule has 11 heavy (non-hydrogen) atoms. The number of aromatic nitrogens is 2. The smallest absolute Gasteiger partial charge is 0.308 e. The van der Waals surface area contributed by atoms with Crippen molar-refractivity contribution < 1.29 is 4.39 Å². The highest BCUT2D eigenvalue weighted by atomic mass is 19.1. The second-order valence-electron chi connectivity index (χ2n) is 2.54. The Hall–Kier alpha value is -1.03. The molecule has 4 heteroatoms. The summed E-state index contributed by atoms with van der Waals surface area (Å²) in [4.78, 5) is 7.17. The molecule has 0 bridgehead atoms. The molecule has 1 aliphatic rings. The molecule has 0 aromatic carbocycles. The van der Waals surface area contributed by atoms with Gasteiger partial charge in [0.1, 0.15) is 0 Å². The molecule has 2 heterocycles. The van der Waals surface area contributed by atoms with Crippen LogP contribution < -0.4 is 5.32 Å². The van der Waals surface area contributed by atoms with Gasteiger partial charge < -0.3 is 5.32 Å². The van der Waals surface area contributed by atoms with Crippen molar-refractivity contribution in [2.45, 2.75) is 13.0 Å². The van der Waals surface area contributed by atoms with E-state index in [2.05, 4.69) is 15.3 Å². The zero-order valence-electron chi connectivity index (χ0n) is 5.97. The summed E-state index contributed by atoms with van der Waals surface area (Å²) in [6.45, 7) is 1.64. The molecule has 0 aliphatic carbocycles. The zero-order valence-corrected chi connectivity index (χ0v) is 5.97. The maximum atomic E-state index is 12.5. The number of halogens is 1. The highest BCUT2D eigenvalue weighted by Crippen LogP contribution is 2.08. The molecule has 0 unspecified atom stereocenters. The molecule has 58 valence electrons. The summed E-state index contributed by atoms with van der Waals surface area (Å²) >= 11 is 0. The van der Waals surface area contributed by atoms with E-state index in [0.29, 0.717) is 0 Å². The fraction of sp³-hybridized carbons (Fsp3) is 0.429. The molecule has 0 saturated carbocycles. The van der Waals surface area contributed by atoms with Gasteiger partial charge in [-0.2, -0.15) is 4.39 Å². The standard InChI is InChI=1S/C7H8FN3/c8-7-10-4-5-3-9-2-1-6(5)11-7/h4,9H,1-3H2. The number of hydrogen-bond acceptors (Lipinski definition) is 3. The van der Waals surface area contributed by atoms with Crippen LogP contribution >= 0.6 is 0 Å². The molecule has 1 N–H and O–H groups in total. The lowest BCUT2D eigenvalue weighted by Gasteiger charge is -2.14. The van der Waals surface area contributed by atoms with E-state index in [9.17, 15) is 4.39 Å². The summed E-state index contributed by atoms with van der Waals surface area (Å²) in [6.07, 6.45) is 1.73. The van der Waals surface area contributed by atoms with Gasteiger partial charge in [-0.1, -0.05) is 0 Å². The maximum absolute atomic E-state index is 12.5. The van der Waals surface area contributed by atoms with Crippen LogP contribution in [0.4, 0.5) is 4.39 Å². The predicted octanol–water partition coefficient (Wildman–Crippen LogP) is 0.261. The van der Waals surface area contributed by atoms with Crippen LogP contribution in [0.15, 0.2) is 6.20 Å². The summed E-state index contributed by atoms with van der Waals surface area (Å²) in [7, 11) is 0. The highest BCUT2D eigenvalue weighted by molar-refractivity contribution is 5.18. The van der Waals surface area contributed by atoms with Gasteiger partial charge in [-0.15, -0.1) is 0 Å². The lowest BCUT2D eigenvalue weighted by Crippen LogP contribution is -2.25. The van der Waals surface area contributed by atoms with E-state index in [-0.39, 0.29) is 0 Å². The van der Waals surface area contributed by atoms with Gasteiger partial charge in [0.2, 0.25) is 0 Å². The topological polar surface area (TPSA) is 37.8 Å². The summed E-state index contributed by atoms with van der Waals surface area (Å²) in [6, 6.07) is 0. The van der Waals surface area contributed by atoms with E-state index in [1.165, 1.54) is 0 Å². The second-order valence-corrected chi connectivity index (χ2v) is 2.54. The first kappa shape index (κ1) is 6.67. The van der Waals surface area contributed by atoms with Gasteiger partial charge in [0.05, 0.1) is 5.69 Å². The Kier molecular flexibility index (Phi) is 1.54. The van der Waals surface area contributed by atoms with Crippen molar-refractivity contribution in [3.05, 3.63) is 23.5 Å². The minimum atomic E-state index is -0.620. The van der Waals surface area contributed by atoms with Crippen molar-refractivity contribution in [1.29, 1.82) is 0 Å². The van der Waals surface area contributed by atoms with E-state index in [1.807, 2.05) is 0 Å². The van der Waals surface area contributed by atoms with Gasteiger partial charge in [-0.3, -0.25) is 0 Å². The third kappa shape index (κ3) is 1.21. The van der Waals surface area contributed by atoms with E-state index < -0.39 is 6.08 Å². The van der Waals surface area contributed by atoms with Gasteiger partial charge in [0.25, 0.3) is 0 Å². The average molecular weight is 153 g/mol. The lowest BCUT2D eigenvalue weighted by molar-refractivity contribution is 0.515. The molecule has 0 radical (unpaired) electrons. The quantitative estimate of drug-likeness (QED) is 0.543. The van der Waals surface area contributed by atoms with Crippen molar-refractivity contribution >= 4 is 0 Å². The molecule has 1 aliphatic heterocycles. The van der Waals surface area contributed by atoms with E-state index in [4.69, 9.17) is 0 Å². The SMILES string of the molecule is Fc1ncc2c(n1)CCNC2. The van der Waals surface area contributed by atoms with Crippen LogP contribution in [0.5, 0.6) is 0 Å². The fourth-order valence-electron chi connectivity index (χ4n) is 1.21. The molecule has 1 aromatic rings. The van der Waals surface area contributed by atoms with Gasteiger partial charge in [-0.05, 0) is 0 Å². The van der Waals surface area contributed by atoms with Gasteiger partial charge in [0, 0.05) is 31.3 Å². The summed E-state index contributed by atoms with van der Waals surface area (Å²) in [5, 5.41) is 3.16. The van der Waals surface area contributed by atoms with Crippen LogP contribution in [0.25, 0.3) is 0 Å². The maximum Gasteiger partial charge on any atom is 0.308 e. The van der Waals surface area contributed by atoms with Crippen molar-refractivity contribution in [1.82, 2.24) is 15.3 Å². The minimum Gasteiger partial charge on any atom is -0.312 e. The Morgan fingerprint density at radius 1 is 1.55 bits per heavy atom. The Morgan fingerprint density at radius 2 is 2.45 bits per heavy atom. The first-order chi connectivity index (χ1) is 5.36. The Balaban J connectivity index is 2.43. The van der Waals surface area contributed by atoms with Gasteiger partial charge in [0.15, 0.2) is 0 Å². The van der Waals surface area contributed by atoms with Crippen LogP contribution in [0.3, 0.4) is 0 Å². The van der Waals surface area contributed by atoms with E-state index in [0.717, 1.165) is 30.8 Å². The molecule has 2 rings (SSSR count). The molecule has 0 spiro atoms. The molecule has 0 fully saturated rings. The molecular weight excluding hydrogens is 145 g/mol. The monoisotopic (exact) mass is 153 g/mol. The second kappa shape index (κ2) is 2.54. The normalized spacial score (nSPS) is 16.1. The van der Waals surface area contributed by atoms with E-state index in [1.54, 1.807) is 6.20 Å². The first-order valence-corrected chi connectivity index (χ1v) is 3.57. The van der Waals surface area contributed by atoms with Crippen molar-refractivity contribution in [2.24, 2.45) is 0 Å². The first-order valence-electron chi connectivity index (χ1n) is 3.57. The summed E-state index contributed by atoms with van der Waals surface area (Å²) in [5.74, 6) is 0. The zero-order chi connectivity index (χ0) is 7.68. The van der Waals surface area contributed by atoms with Crippen LogP contribution in [-0.4, -0.2) is 16.5 Å². The fourth-order valence-corrected chi connectivity index (χ4v) is 1.21. The number of hydrogen-bond donors (Lipinski definition) is 1. The average Bonchev–Trinajstić information content (AvgIpc) is 2.04. The highest BCUT2D eigenvalue weighted by Gasteiger charge is 2.10. The number of rotatable bonds is 0. The lowest BCUT2D eigenvalue weighted by atomic mass is 10.1. The van der Waals surface area contributed by atoms with Gasteiger partial charge in [-0.25, -0.2) is 9.97 Å². The Morgan fingerprint density at radius 3 is 3.36 bits per heavy atom. The number of nitrogens with zero attached hydrogens (tertiary/aromatic N) is 2. The van der Waals surface area contributed by atoms with Crippen LogP contribution in [0, 0.1) is 6.08 Å². The van der Waals surface area contributed by atoms with Crippen LogP contribution in [0.1, 0.15) is 11.3 Å². The third-order valence-electron chi connectivity index (χ3n) is 1.78. The molecule has 0 amide bonds. The van der Waals surface area contributed by atoms with E-state index >= 15 is 0 Å². The molecule has 0 atom stereocenters. The van der Waals surface area contributed by atoms with Crippen LogP contribution in [-0.2, 0) is 13.0 Å². The Labute approximate surface area is 63.7 Å². The Bertz CT molecular complexity index is 274. The predicted molar refractivity (Wildman–Crippen MR) is 37.4 cm³/mol. The van der Waals surface area contributed by atoms with Crippen LogP contribution in [0.2, 0.25) is 0 Å². The van der Waals surface area contributed by atoms with Crippen molar-refractivity contribution in [2.75, 3.05) is 6.54 Å².